The number of hydrogen-bond acceptors (Lipinski definition) is 3. The Kier molecular flexibility index (Phi) is 6.37. The second-order valence-corrected chi connectivity index (χ2v) is 5.33. The smallest absolute Gasteiger partial charge is 0.305 e. The molecule has 0 fully saturated rings. The van der Waals surface area contributed by atoms with Crippen molar-refractivity contribution < 1.29 is 19.4 Å². The number of rotatable bonds is 8. The summed E-state index contributed by atoms with van der Waals surface area (Å²) < 4.78 is 5.67. The predicted molar refractivity (Wildman–Crippen MR) is 91.0 cm³/mol. The third kappa shape index (κ3) is 5.12. The number of ether oxygens (including phenoxy) is 1. The van der Waals surface area contributed by atoms with Crippen LogP contribution < -0.4 is 4.74 Å². The summed E-state index contributed by atoms with van der Waals surface area (Å²) in [6, 6.07) is 16.7. The van der Waals surface area contributed by atoms with Gasteiger partial charge >= 0.3 is 5.97 Å². The number of amides is 1. The third-order valence-electron chi connectivity index (χ3n) is 3.61. The van der Waals surface area contributed by atoms with Crippen molar-refractivity contribution in [2.45, 2.75) is 20.0 Å². The number of benzene rings is 2. The molecule has 0 atom stereocenters. The normalized spacial score (nSPS) is 10.2. The maximum absolute atomic E-state index is 12.4. The van der Waals surface area contributed by atoms with Crippen molar-refractivity contribution in [2.75, 3.05) is 13.1 Å². The van der Waals surface area contributed by atoms with Gasteiger partial charge in [-0.1, -0.05) is 30.3 Å². The second-order valence-electron chi connectivity index (χ2n) is 5.33. The molecule has 5 nitrogen and oxygen atoms in total. The molecular weight excluding hydrogens is 306 g/mol. The van der Waals surface area contributed by atoms with Crippen LogP contribution in [0.3, 0.4) is 0 Å². The predicted octanol–water partition coefficient (Wildman–Crippen LogP) is 3.20. The van der Waals surface area contributed by atoms with Gasteiger partial charge in [0.25, 0.3) is 5.91 Å². The van der Waals surface area contributed by atoms with Gasteiger partial charge in [0.1, 0.15) is 12.4 Å². The number of hydrogen-bond donors (Lipinski definition) is 1. The van der Waals surface area contributed by atoms with Gasteiger partial charge in [-0.05, 0) is 36.8 Å². The summed E-state index contributed by atoms with van der Waals surface area (Å²) in [6.45, 7) is 2.95. The number of carbonyl (C=O) groups is 2. The molecule has 1 amide bonds. The topological polar surface area (TPSA) is 66.8 Å². The van der Waals surface area contributed by atoms with E-state index < -0.39 is 5.97 Å². The summed E-state index contributed by atoms with van der Waals surface area (Å²) in [5, 5.41) is 8.75. The maximum Gasteiger partial charge on any atom is 0.305 e. The molecule has 2 aromatic rings. The van der Waals surface area contributed by atoms with E-state index in [0.717, 1.165) is 11.3 Å². The minimum absolute atomic E-state index is 0.0530. The fourth-order valence-corrected chi connectivity index (χ4v) is 2.24. The molecule has 0 unspecified atom stereocenters. The summed E-state index contributed by atoms with van der Waals surface area (Å²) in [6.07, 6.45) is -0.0530. The standard InChI is InChI=1S/C19H21NO4/c1-2-20(13-12-18(21)22)19(23)16-10-8-15(9-11-16)14-24-17-6-4-3-5-7-17/h3-11H,2,12-14H2,1H3,(H,21,22). The Morgan fingerprint density at radius 3 is 2.29 bits per heavy atom. The zero-order valence-electron chi connectivity index (χ0n) is 13.6. The molecule has 2 aromatic carbocycles. The SMILES string of the molecule is CCN(CCC(=O)O)C(=O)c1ccc(COc2ccccc2)cc1. The molecule has 0 heterocycles. The zero-order valence-corrected chi connectivity index (χ0v) is 13.6. The molecule has 2 rings (SSSR count). The number of carboxylic acids is 1. The van der Waals surface area contributed by atoms with Crippen molar-refractivity contribution >= 4 is 11.9 Å². The molecule has 0 saturated carbocycles. The van der Waals surface area contributed by atoms with Gasteiger partial charge in [0.05, 0.1) is 6.42 Å². The molecule has 0 bridgehead atoms. The number of nitrogens with zero attached hydrogens (tertiary/aromatic N) is 1. The van der Waals surface area contributed by atoms with Gasteiger partial charge in [-0.2, -0.15) is 0 Å². The average molecular weight is 327 g/mol. The van der Waals surface area contributed by atoms with E-state index in [2.05, 4.69) is 0 Å². The van der Waals surface area contributed by atoms with Gasteiger partial charge in [-0.25, -0.2) is 0 Å². The van der Waals surface area contributed by atoms with Gasteiger partial charge in [-0.15, -0.1) is 0 Å². The molecule has 0 radical (unpaired) electrons. The van der Waals surface area contributed by atoms with Crippen LogP contribution in [0.25, 0.3) is 0 Å². The Morgan fingerprint density at radius 1 is 1.04 bits per heavy atom. The molecule has 0 saturated heterocycles. The van der Waals surface area contributed by atoms with Crippen LogP contribution in [-0.2, 0) is 11.4 Å². The largest absolute Gasteiger partial charge is 0.489 e. The molecule has 5 heteroatoms. The molecule has 126 valence electrons. The lowest BCUT2D eigenvalue weighted by Crippen LogP contribution is -2.32. The Hall–Kier alpha value is -2.82. The minimum Gasteiger partial charge on any atom is -0.489 e. The lowest BCUT2D eigenvalue weighted by molar-refractivity contribution is -0.137. The van der Waals surface area contributed by atoms with E-state index in [1.807, 2.05) is 49.4 Å². The quantitative estimate of drug-likeness (QED) is 0.808. The first kappa shape index (κ1) is 17.5. The fourth-order valence-electron chi connectivity index (χ4n) is 2.24. The molecular formula is C19H21NO4. The van der Waals surface area contributed by atoms with Gasteiger partial charge < -0.3 is 14.7 Å². The van der Waals surface area contributed by atoms with Crippen LogP contribution in [0.15, 0.2) is 54.6 Å². The van der Waals surface area contributed by atoms with Crippen LogP contribution in [0, 0.1) is 0 Å². The van der Waals surface area contributed by atoms with Gasteiger partial charge in [0.2, 0.25) is 0 Å². The van der Waals surface area contributed by atoms with E-state index in [1.54, 1.807) is 12.1 Å². The van der Waals surface area contributed by atoms with Crippen molar-refractivity contribution in [3.63, 3.8) is 0 Å². The van der Waals surface area contributed by atoms with Crippen LogP contribution in [0.2, 0.25) is 0 Å². The van der Waals surface area contributed by atoms with Gasteiger partial charge in [-0.3, -0.25) is 9.59 Å². The molecule has 1 N–H and O–H groups in total. The number of aliphatic carboxylic acids is 1. The molecule has 0 aliphatic carbocycles. The third-order valence-corrected chi connectivity index (χ3v) is 3.61. The van der Waals surface area contributed by atoms with Crippen molar-refractivity contribution in [1.82, 2.24) is 4.90 Å². The minimum atomic E-state index is -0.908. The first-order valence-corrected chi connectivity index (χ1v) is 7.88. The van der Waals surface area contributed by atoms with Crippen LogP contribution >= 0.6 is 0 Å². The second kappa shape index (κ2) is 8.72. The van der Waals surface area contributed by atoms with E-state index in [0.29, 0.717) is 18.7 Å². The first-order chi connectivity index (χ1) is 11.6. The highest BCUT2D eigenvalue weighted by molar-refractivity contribution is 5.94. The Labute approximate surface area is 141 Å². The zero-order chi connectivity index (χ0) is 17.4. The Morgan fingerprint density at radius 2 is 1.71 bits per heavy atom. The van der Waals surface area contributed by atoms with Crippen LogP contribution in [0.1, 0.15) is 29.3 Å². The van der Waals surface area contributed by atoms with Crippen molar-refractivity contribution in [3.8, 4) is 5.75 Å². The lowest BCUT2D eigenvalue weighted by Gasteiger charge is -2.20. The van der Waals surface area contributed by atoms with E-state index in [9.17, 15) is 9.59 Å². The van der Waals surface area contributed by atoms with Gasteiger partial charge in [0.15, 0.2) is 0 Å². The van der Waals surface area contributed by atoms with Crippen molar-refractivity contribution in [3.05, 3.63) is 65.7 Å². The highest BCUT2D eigenvalue weighted by atomic mass is 16.5. The van der Waals surface area contributed by atoms with Crippen LogP contribution in [-0.4, -0.2) is 35.0 Å². The Balaban J connectivity index is 1.94. The summed E-state index contributed by atoms with van der Waals surface area (Å²) in [4.78, 5) is 24.6. The molecule has 0 aliphatic heterocycles. The summed E-state index contributed by atoms with van der Waals surface area (Å²) in [5.74, 6) is -0.271. The lowest BCUT2D eigenvalue weighted by atomic mass is 10.1. The summed E-state index contributed by atoms with van der Waals surface area (Å²) in [5.41, 5.74) is 1.51. The highest BCUT2D eigenvalue weighted by Gasteiger charge is 2.15. The molecule has 0 spiro atoms. The van der Waals surface area contributed by atoms with E-state index in [-0.39, 0.29) is 18.9 Å². The van der Waals surface area contributed by atoms with Crippen LogP contribution in [0.5, 0.6) is 5.75 Å². The van der Waals surface area contributed by atoms with E-state index in [1.165, 1.54) is 4.90 Å². The summed E-state index contributed by atoms with van der Waals surface area (Å²) in [7, 11) is 0. The number of carboxylic acid groups (broad SMARTS) is 1. The molecule has 24 heavy (non-hydrogen) atoms. The Bertz CT molecular complexity index is 668. The van der Waals surface area contributed by atoms with Crippen molar-refractivity contribution in [1.29, 1.82) is 0 Å². The van der Waals surface area contributed by atoms with Crippen LogP contribution in [0.4, 0.5) is 0 Å². The molecule has 0 aliphatic rings. The van der Waals surface area contributed by atoms with Crippen molar-refractivity contribution in [2.24, 2.45) is 0 Å². The maximum atomic E-state index is 12.4. The average Bonchev–Trinajstić information content (AvgIpc) is 2.61. The summed E-state index contributed by atoms with van der Waals surface area (Å²) >= 11 is 0. The number of para-hydroxylation sites is 1. The highest BCUT2D eigenvalue weighted by Crippen LogP contribution is 2.13. The molecule has 0 aromatic heterocycles. The van der Waals surface area contributed by atoms with E-state index in [4.69, 9.17) is 9.84 Å². The first-order valence-electron chi connectivity index (χ1n) is 7.88. The number of carbonyl (C=O) groups excluding carboxylic acids is 1. The fraction of sp³-hybridized carbons (Fsp3) is 0.263. The monoisotopic (exact) mass is 327 g/mol. The van der Waals surface area contributed by atoms with Gasteiger partial charge in [0, 0.05) is 18.7 Å². The van der Waals surface area contributed by atoms with E-state index >= 15 is 0 Å².